The van der Waals surface area contributed by atoms with Crippen LogP contribution in [0, 0.1) is 5.92 Å². The van der Waals surface area contributed by atoms with Gasteiger partial charge in [-0.05, 0) is 36.5 Å². The zero-order valence-corrected chi connectivity index (χ0v) is 10.1. The third-order valence-corrected chi connectivity index (χ3v) is 2.88. The Morgan fingerprint density at radius 2 is 2.25 bits per heavy atom. The quantitative estimate of drug-likeness (QED) is 0.777. The average molecular weight is 242 g/mol. The molecule has 3 nitrogen and oxygen atoms in total. The van der Waals surface area contributed by atoms with E-state index < -0.39 is 0 Å². The van der Waals surface area contributed by atoms with Crippen molar-refractivity contribution in [3.8, 4) is 5.75 Å². The van der Waals surface area contributed by atoms with E-state index in [0.29, 0.717) is 11.6 Å². The number of benzene rings is 1. The molecule has 0 spiro atoms. The molecule has 1 aromatic carbocycles. The summed E-state index contributed by atoms with van der Waals surface area (Å²) in [6.07, 6.45) is 2.57. The first kappa shape index (κ1) is 11.7. The Morgan fingerprint density at radius 3 is 2.88 bits per heavy atom. The lowest BCUT2D eigenvalue weighted by Crippen LogP contribution is -2.10. The highest BCUT2D eigenvalue weighted by atomic mass is 35.5. The van der Waals surface area contributed by atoms with E-state index in [1.54, 1.807) is 7.11 Å². The van der Waals surface area contributed by atoms with Crippen LogP contribution in [0.5, 0.6) is 5.75 Å². The van der Waals surface area contributed by atoms with Crippen molar-refractivity contribution in [1.29, 1.82) is 0 Å². The van der Waals surface area contributed by atoms with E-state index in [2.05, 4.69) is 5.48 Å². The topological polar surface area (TPSA) is 30.5 Å². The van der Waals surface area contributed by atoms with Gasteiger partial charge < -0.3 is 9.57 Å². The Morgan fingerprint density at radius 1 is 1.44 bits per heavy atom. The second-order valence-electron chi connectivity index (χ2n) is 4.04. The Bertz CT molecular complexity index is 353. The molecular formula is C12H16ClNO2. The number of hydrogen-bond donors (Lipinski definition) is 1. The van der Waals surface area contributed by atoms with Crippen LogP contribution in [0.3, 0.4) is 0 Å². The maximum atomic E-state index is 6.12. The molecule has 16 heavy (non-hydrogen) atoms. The average Bonchev–Trinajstić information content (AvgIpc) is 3.09. The van der Waals surface area contributed by atoms with Gasteiger partial charge >= 0.3 is 0 Å². The van der Waals surface area contributed by atoms with E-state index in [4.69, 9.17) is 21.2 Å². The monoisotopic (exact) mass is 241 g/mol. The molecule has 1 aromatic rings. The van der Waals surface area contributed by atoms with Gasteiger partial charge in [-0.25, -0.2) is 0 Å². The predicted octanol–water partition coefficient (Wildman–Crippen LogP) is 2.78. The number of hydroxylamine groups is 1. The number of hydrogen-bond acceptors (Lipinski definition) is 3. The largest absolute Gasteiger partial charge is 0.492 e. The minimum Gasteiger partial charge on any atom is -0.492 e. The standard InChI is InChI=1S/C12H16ClNO2/c1-15-14-7-10-4-5-12(11(13)6-10)16-8-9-2-3-9/h4-6,9,14H,2-3,7-8H2,1H3. The zero-order chi connectivity index (χ0) is 11.4. The summed E-state index contributed by atoms with van der Waals surface area (Å²) in [4.78, 5) is 4.78. The van der Waals surface area contributed by atoms with Crippen LogP contribution in [-0.4, -0.2) is 13.7 Å². The highest BCUT2D eigenvalue weighted by Crippen LogP contribution is 2.32. The van der Waals surface area contributed by atoms with Gasteiger partial charge in [-0.3, -0.25) is 0 Å². The molecule has 0 saturated heterocycles. The van der Waals surface area contributed by atoms with E-state index in [1.165, 1.54) is 12.8 Å². The van der Waals surface area contributed by atoms with Crippen LogP contribution in [0.1, 0.15) is 18.4 Å². The highest BCUT2D eigenvalue weighted by molar-refractivity contribution is 6.32. The molecular weight excluding hydrogens is 226 g/mol. The van der Waals surface area contributed by atoms with E-state index in [-0.39, 0.29) is 0 Å². The molecule has 2 rings (SSSR count). The van der Waals surface area contributed by atoms with Crippen LogP contribution in [0.25, 0.3) is 0 Å². The van der Waals surface area contributed by atoms with Crippen LogP contribution < -0.4 is 10.2 Å². The fourth-order valence-electron chi connectivity index (χ4n) is 1.42. The molecule has 0 heterocycles. The lowest BCUT2D eigenvalue weighted by molar-refractivity contribution is 0.0867. The summed E-state index contributed by atoms with van der Waals surface area (Å²) in [6, 6.07) is 5.80. The lowest BCUT2D eigenvalue weighted by Gasteiger charge is -2.09. The van der Waals surface area contributed by atoms with E-state index in [1.807, 2.05) is 18.2 Å². The number of ether oxygens (including phenoxy) is 1. The van der Waals surface area contributed by atoms with Crippen LogP contribution in [0.15, 0.2) is 18.2 Å². The van der Waals surface area contributed by atoms with Crippen molar-refractivity contribution in [2.45, 2.75) is 19.4 Å². The minimum atomic E-state index is 0.638. The van der Waals surface area contributed by atoms with Gasteiger partial charge in [-0.15, -0.1) is 0 Å². The molecule has 0 bridgehead atoms. The summed E-state index contributed by atoms with van der Waals surface area (Å²) in [5.41, 5.74) is 3.85. The minimum absolute atomic E-state index is 0.638. The van der Waals surface area contributed by atoms with Gasteiger partial charge in [0.1, 0.15) is 5.75 Å². The van der Waals surface area contributed by atoms with Gasteiger partial charge in [0.25, 0.3) is 0 Å². The van der Waals surface area contributed by atoms with Gasteiger partial charge in [0.2, 0.25) is 0 Å². The second-order valence-corrected chi connectivity index (χ2v) is 4.45. The molecule has 4 heteroatoms. The van der Waals surface area contributed by atoms with Crippen LogP contribution in [0.2, 0.25) is 5.02 Å². The summed E-state index contributed by atoms with van der Waals surface area (Å²) >= 11 is 6.12. The van der Waals surface area contributed by atoms with Crippen molar-refractivity contribution in [3.05, 3.63) is 28.8 Å². The Kier molecular flexibility index (Phi) is 4.04. The second kappa shape index (κ2) is 5.53. The van der Waals surface area contributed by atoms with E-state index in [0.717, 1.165) is 23.8 Å². The third-order valence-electron chi connectivity index (χ3n) is 2.59. The number of nitrogens with one attached hydrogen (secondary N) is 1. The summed E-state index contributed by atoms with van der Waals surface area (Å²) in [6.45, 7) is 1.43. The molecule has 0 radical (unpaired) electrons. The Hall–Kier alpha value is -0.770. The molecule has 1 fully saturated rings. The maximum Gasteiger partial charge on any atom is 0.137 e. The molecule has 88 valence electrons. The SMILES string of the molecule is CONCc1ccc(OCC2CC2)c(Cl)c1. The van der Waals surface area contributed by atoms with Crippen molar-refractivity contribution >= 4 is 11.6 Å². The van der Waals surface area contributed by atoms with Gasteiger partial charge in [0.15, 0.2) is 0 Å². The van der Waals surface area contributed by atoms with Crippen molar-refractivity contribution in [2.24, 2.45) is 5.92 Å². The first-order valence-electron chi connectivity index (χ1n) is 5.46. The normalized spacial score (nSPS) is 15.1. The summed E-state index contributed by atoms with van der Waals surface area (Å²) in [5, 5.41) is 0.663. The predicted molar refractivity (Wildman–Crippen MR) is 63.5 cm³/mol. The van der Waals surface area contributed by atoms with Crippen LogP contribution >= 0.6 is 11.6 Å². The van der Waals surface area contributed by atoms with E-state index in [9.17, 15) is 0 Å². The van der Waals surface area contributed by atoms with Crippen molar-refractivity contribution in [2.75, 3.05) is 13.7 Å². The molecule has 1 aliphatic rings. The molecule has 0 aromatic heterocycles. The molecule has 0 atom stereocenters. The van der Waals surface area contributed by atoms with Crippen molar-refractivity contribution in [1.82, 2.24) is 5.48 Å². The van der Waals surface area contributed by atoms with Crippen molar-refractivity contribution in [3.63, 3.8) is 0 Å². The van der Waals surface area contributed by atoms with Crippen molar-refractivity contribution < 1.29 is 9.57 Å². The lowest BCUT2D eigenvalue weighted by atomic mass is 10.2. The fourth-order valence-corrected chi connectivity index (χ4v) is 1.68. The Balaban J connectivity index is 1.92. The molecule has 1 N–H and O–H groups in total. The zero-order valence-electron chi connectivity index (χ0n) is 9.33. The van der Waals surface area contributed by atoms with Gasteiger partial charge in [-0.2, -0.15) is 5.48 Å². The molecule has 0 unspecified atom stereocenters. The third kappa shape index (κ3) is 3.37. The molecule has 1 saturated carbocycles. The first-order valence-corrected chi connectivity index (χ1v) is 5.84. The van der Waals surface area contributed by atoms with Gasteiger partial charge in [0.05, 0.1) is 18.7 Å². The van der Waals surface area contributed by atoms with E-state index >= 15 is 0 Å². The number of halogens is 1. The Labute approximate surface area is 101 Å². The van der Waals surface area contributed by atoms with Crippen LogP contribution in [0.4, 0.5) is 0 Å². The maximum absolute atomic E-state index is 6.12. The summed E-state index contributed by atoms with van der Waals surface area (Å²) in [7, 11) is 1.59. The molecule has 1 aliphatic carbocycles. The summed E-state index contributed by atoms with van der Waals surface area (Å²) < 4.78 is 5.64. The molecule has 0 aliphatic heterocycles. The summed E-state index contributed by atoms with van der Waals surface area (Å²) in [5.74, 6) is 1.51. The molecule has 0 amide bonds. The van der Waals surface area contributed by atoms with Crippen LogP contribution in [-0.2, 0) is 11.4 Å². The fraction of sp³-hybridized carbons (Fsp3) is 0.500. The van der Waals surface area contributed by atoms with Gasteiger partial charge in [0, 0.05) is 6.54 Å². The first-order chi connectivity index (χ1) is 7.79. The highest BCUT2D eigenvalue weighted by Gasteiger charge is 2.22. The smallest absolute Gasteiger partial charge is 0.137 e. The number of rotatable bonds is 6. The van der Waals surface area contributed by atoms with Gasteiger partial charge in [-0.1, -0.05) is 17.7 Å².